The quantitative estimate of drug-likeness (QED) is 0.0926. The van der Waals surface area contributed by atoms with Gasteiger partial charge >= 0.3 is 0 Å². The third kappa shape index (κ3) is 7.66. The number of hydrogen-bond donors (Lipinski definition) is 0. The molecule has 0 aliphatic carbocycles. The van der Waals surface area contributed by atoms with Crippen molar-refractivity contribution in [1.82, 2.24) is 4.57 Å². The molecule has 0 atom stereocenters. The highest BCUT2D eigenvalue weighted by Crippen LogP contribution is 2.44. The number of aromatic nitrogens is 1. The predicted octanol–water partition coefficient (Wildman–Crippen LogP) is 15.8. The van der Waals surface area contributed by atoms with Gasteiger partial charge < -0.3 is 9.47 Å². The number of rotatable bonds is 11. The molecular formula is C70H50N2Si. The molecule has 0 radical (unpaired) electrons. The lowest BCUT2D eigenvalue weighted by Crippen LogP contribution is -2.74. The molecule has 73 heavy (non-hydrogen) atoms. The Morgan fingerprint density at radius 1 is 0.288 bits per heavy atom. The monoisotopic (exact) mass is 946 g/mol. The van der Waals surface area contributed by atoms with Crippen molar-refractivity contribution in [2.24, 2.45) is 0 Å². The van der Waals surface area contributed by atoms with Gasteiger partial charge in [0.2, 0.25) is 0 Å². The molecule has 12 aromatic carbocycles. The summed E-state index contributed by atoms with van der Waals surface area (Å²) in [6, 6.07) is 112. The van der Waals surface area contributed by atoms with Crippen LogP contribution in [0, 0.1) is 0 Å². The van der Waals surface area contributed by atoms with Gasteiger partial charge in [0, 0.05) is 38.8 Å². The van der Waals surface area contributed by atoms with Gasteiger partial charge in [-0.2, -0.15) is 0 Å². The molecule has 0 N–H and O–H groups in total. The summed E-state index contributed by atoms with van der Waals surface area (Å²) >= 11 is 0. The lowest BCUT2D eigenvalue weighted by molar-refractivity contribution is 1.19. The van der Waals surface area contributed by atoms with E-state index in [1.807, 2.05) is 0 Å². The number of para-hydroxylation sites is 2. The van der Waals surface area contributed by atoms with Gasteiger partial charge in [0.25, 0.3) is 0 Å². The van der Waals surface area contributed by atoms with Crippen molar-refractivity contribution in [3.05, 3.63) is 303 Å². The van der Waals surface area contributed by atoms with Crippen molar-refractivity contribution >= 4 is 78.5 Å². The normalized spacial score (nSPS) is 11.6. The molecule has 0 amide bonds. The fraction of sp³-hybridized carbons (Fsp3) is 0. The molecule has 1 aromatic heterocycles. The van der Waals surface area contributed by atoms with Crippen LogP contribution in [0.15, 0.2) is 303 Å². The van der Waals surface area contributed by atoms with Crippen LogP contribution >= 0.6 is 0 Å². The Morgan fingerprint density at radius 2 is 0.767 bits per heavy atom. The highest BCUT2D eigenvalue weighted by molar-refractivity contribution is 7.19. The fourth-order valence-corrected chi connectivity index (χ4v) is 16.2. The summed E-state index contributed by atoms with van der Waals surface area (Å²) in [5.74, 6) is 0. The molecule has 1 heterocycles. The van der Waals surface area contributed by atoms with E-state index < -0.39 is 8.07 Å². The predicted molar refractivity (Wildman–Crippen MR) is 313 cm³/mol. The third-order valence-electron chi connectivity index (χ3n) is 14.8. The molecule has 344 valence electrons. The maximum absolute atomic E-state index is 2.76. The topological polar surface area (TPSA) is 8.17 Å². The second-order valence-corrected chi connectivity index (χ2v) is 22.6. The molecule has 13 rings (SSSR count). The highest BCUT2D eigenvalue weighted by atomic mass is 28.3. The zero-order valence-electron chi connectivity index (χ0n) is 40.3. The molecule has 3 heteroatoms. The van der Waals surface area contributed by atoms with E-state index in [2.05, 4.69) is 313 Å². The molecule has 0 aliphatic rings. The Morgan fingerprint density at radius 3 is 1.40 bits per heavy atom. The summed E-state index contributed by atoms with van der Waals surface area (Å²) in [6.45, 7) is 0. The molecule has 13 aromatic rings. The van der Waals surface area contributed by atoms with Crippen LogP contribution in [-0.2, 0) is 0 Å². The third-order valence-corrected chi connectivity index (χ3v) is 19.5. The Labute approximate surface area is 428 Å². The summed E-state index contributed by atoms with van der Waals surface area (Å²) in [6.07, 6.45) is 0. The minimum Gasteiger partial charge on any atom is -0.310 e. The van der Waals surface area contributed by atoms with Crippen molar-refractivity contribution in [1.29, 1.82) is 0 Å². The van der Waals surface area contributed by atoms with Gasteiger partial charge in [-0.15, -0.1) is 0 Å². The van der Waals surface area contributed by atoms with Crippen molar-refractivity contribution in [3.8, 4) is 39.1 Å². The molecule has 2 nitrogen and oxygen atoms in total. The van der Waals surface area contributed by atoms with E-state index in [1.165, 1.54) is 64.5 Å². The van der Waals surface area contributed by atoms with E-state index >= 15 is 0 Å². The minimum absolute atomic E-state index is 1.07. The van der Waals surface area contributed by atoms with E-state index in [9.17, 15) is 0 Å². The van der Waals surface area contributed by atoms with Crippen molar-refractivity contribution in [2.75, 3.05) is 4.90 Å². The number of anilines is 3. The van der Waals surface area contributed by atoms with Gasteiger partial charge in [-0.1, -0.05) is 255 Å². The maximum Gasteiger partial charge on any atom is 0.179 e. The molecule has 0 bridgehead atoms. The first-order valence-electron chi connectivity index (χ1n) is 25.2. The summed E-state index contributed by atoms with van der Waals surface area (Å²) in [4.78, 5) is 2.45. The molecule has 0 saturated carbocycles. The Balaban J connectivity index is 0.981. The van der Waals surface area contributed by atoms with Crippen LogP contribution < -0.4 is 25.6 Å². The smallest absolute Gasteiger partial charge is 0.179 e. The van der Waals surface area contributed by atoms with E-state index in [1.54, 1.807) is 0 Å². The summed E-state index contributed by atoms with van der Waals surface area (Å²) in [5.41, 5.74) is 13.8. The van der Waals surface area contributed by atoms with Gasteiger partial charge in [0.05, 0.1) is 16.7 Å². The Bertz CT molecular complexity index is 3940. The number of hydrogen-bond acceptors (Lipinski definition) is 1. The van der Waals surface area contributed by atoms with Crippen molar-refractivity contribution < 1.29 is 0 Å². The SMILES string of the molecule is c1ccc(-c2cc(N(c3ccc([Si](c4ccccc4)(c4ccccc4)c4ccccc4)cc3)c3ccccc3-c3ccccc3)ccc2-c2ccc(-n3c4ccccc4c4ccc5ccccc5c43)cc2)cc1. The van der Waals surface area contributed by atoms with Gasteiger partial charge in [-0.3, -0.25) is 0 Å². The highest BCUT2D eigenvalue weighted by Gasteiger charge is 2.41. The first-order chi connectivity index (χ1) is 36.2. The van der Waals surface area contributed by atoms with Crippen LogP contribution in [0.2, 0.25) is 0 Å². The maximum atomic E-state index is 2.45. The number of nitrogens with zero attached hydrogens (tertiary/aromatic N) is 2. The average Bonchev–Trinajstić information content (AvgIpc) is 3.82. The van der Waals surface area contributed by atoms with E-state index in [0.29, 0.717) is 0 Å². The minimum atomic E-state index is -2.76. The molecule has 0 unspecified atom stereocenters. The van der Waals surface area contributed by atoms with Crippen LogP contribution in [-0.4, -0.2) is 12.6 Å². The summed E-state index contributed by atoms with van der Waals surface area (Å²) in [5, 5.41) is 10.4. The first-order valence-corrected chi connectivity index (χ1v) is 27.2. The van der Waals surface area contributed by atoms with Crippen molar-refractivity contribution in [3.63, 3.8) is 0 Å². The summed E-state index contributed by atoms with van der Waals surface area (Å²) in [7, 11) is -2.76. The summed E-state index contributed by atoms with van der Waals surface area (Å²) < 4.78 is 2.44. The zero-order valence-corrected chi connectivity index (χ0v) is 41.3. The lowest BCUT2D eigenvalue weighted by atomic mass is 9.93. The van der Waals surface area contributed by atoms with Crippen molar-refractivity contribution in [2.45, 2.75) is 0 Å². The van der Waals surface area contributed by atoms with Gasteiger partial charge in [0.15, 0.2) is 8.07 Å². The molecular weight excluding hydrogens is 897 g/mol. The van der Waals surface area contributed by atoms with Gasteiger partial charge in [0.1, 0.15) is 0 Å². The second-order valence-electron chi connectivity index (χ2n) is 18.8. The van der Waals surface area contributed by atoms with Gasteiger partial charge in [-0.05, 0) is 102 Å². The zero-order chi connectivity index (χ0) is 48.6. The molecule has 0 aliphatic heterocycles. The van der Waals surface area contributed by atoms with Crippen LogP contribution in [0.5, 0.6) is 0 Å². The van der Waals surface area contributed by atoms with Crippen LogP contribution in [0.4, 0.5) is 17.1 Å². The van der Waals surface area contributed by atoms with Gasteiger partial charge in [-0.25, -0.2) is 0 Å². The van der Waals surface area contributed by atoms with E-state index in [0.717, 1.165) is 45.0 Å². The number of benzene rings is 12. The lowest BCUT2D eigenvalue weighted by Gasteiger charge is -2.35. The molecule has 0 spiro atoms. The van der Waals surface area contributed by atoms with E-state index in [-0.39, 0.29) is 0 Å². The standard InChI is InChI=1S/C70H50N2Si/c1-6-22-51(23-7-1)63-33-18-20-36-68(63)71(55-43-46-61(47-44-55)73(58-27-10-3-11-28-58,59-29-12-4-13-30-59)60-31-14-5-15-32-60)57-45-49-62(67(50-57)52-24-8-2-9-25-52)54-38-41-56(42-39-54)72-69-37-21-19-35-65(69)66-48-40-53-26-16-17-34-64(53)70(66)72/h1-50H. The van der Waals surface area contributed by atoms with E-state index in [4.69, 9.17) is 0 Å². The Kier molecular flexibility index (Phi) is 11.3. The largest absolute Gasteiger partial charge is 0.310 e. The van der Waals surface area contributed by atoms with Crippen LogP contribution in [0.3, 0.4) is 0 Å². The second kappa shape index (κ2) is 18.8. The van der Waals surface area contributed by atoms with Crippen LogP contribution in [0.25, 0.3) is 71.6 Å². The fourth-order valence-electron chi connectivity index (χ4n) is 11.5. The molecule has 0 fully saturated rings. The molecule has 0 saturated heterocycles. The average molecular weight is 947 g/mol. The van der Waals surface area contributed by atoms with Crippen LogP contribution in [0.1, 0.15) is 0 Å². The number of fused-ring (bicyclic) bond motifs is 5. The Hall–Kier alpha value is -9.28. The first kappa shape index (κ1) is 43.7.